The molecule has 0 bridgehead atoms. The van der Waals surface area contributed by atoms with Crippen LogP contribution in [0.2, 0.25) is 0 Å². The van der Waals surface area contributed by atoms with Crippen LogP contribution in [-0.2, 0) is 16.1 Å². The Morgan fingerprint density at radius 1 is 1.28 bits per heavy atom. The number of carbonyl (C=O) groups is 1. The first kappa shape index (κ1) is 19.2. The summed E-state index contributed by atoms with van der Waals surface area (Å²) < 4.78 is 28.4. The smallest absolute Gasteiger partial charge is 0.248 e. The fourth-order valence-electron chi connectivity index (χ4n) is 4.46. The minimum absolute atomic E-state index is 0.0319. The maximum Gasteiger partial charge on any atom is 0.248 e. The Morgan fingerprint density at radius 2 is 2.17 bits per heavy atom. The van der Waals surface area contributed by atoms with Gasteiger partial charge in [-0.15, -0.1) is 11.3 Å². The van der Waals surface area contributed by atoms with Crippen molar-refractivity contribution in [2.24, 2.45) is 11.0 Å². The highest BCUT2D eigenvalue weighted by Gasteiger charge is 2.52. The van der Waals surface area contributed by atoms with Crippen LogP contribution in [0.1, 0.15) is 41.7 Å². The van der Waals surface area contributed by atoms with Gasteiger partial charge in [0.15, 0.2) is 0 Å². The van der Waals surface area contributed by atoms with E-state index in [0.29, 0.717) is 11.6 Å². The van der Waals surface area contributed by atoms with Crippen LogP contribution >= 0.6 is 23.1 Å². The second-order valence-electron chi connectivity index (χ2n) is 7.72. The Hall–Kier alpha value is -1.77. The van der Waals surface area contributed by atoms with E-state index in [9.17, 15) is 13.6 Å². The second-order valence-corrected chi connectivity index (χ2v) is 9.99. The lowest BCUT2D eigenvalue weighted by Gasteiger charge is -2.40. The van der Waals surface area contributed by atoms with Crippen LogP contribution in [0.3, 0.4) is 0 Å². The molecule has 2 unspecified atom stereocenters. The molecule has 0 radical (unpaired) electrons. The molecule has 2 aromatic rings. The molecule has 0 saturated carbocycles. The molecule has 1 N–H and O–H groups in total. The van der Waals surface area contributed by atoms with Crippen LogP contribution in [0.4, 0.5) is 8.78 Å². The number of hydrazone groups is 1. The van der Waals surface area contributed by atoms with Crippen molar-refractivity contribution in [1.29, 1.82) is 0 Å². The van der Waals surface area contributed by atoms with Gasteiger partial charge in [-0.1, -0.05) is 11.8 Å². The Labute approximate surface area is 176 Å². The third-order valence-corrected chi connectivity index (χ3v) is 8.31. The molecule has 1 aromatic carbocycles. The van der Waals surface area contributed by atoms with Crippen molar-refractivity contribution in [3.8, 4) is 0 Å². The van der Waals surface area contributed by atoms with E-state index < -0.39 is 16.5 Å². The van der Waals surface area contributed by atoms with Crippen molar-refractivity contribution in [1.82, 2.24) is 10.3 Å². The molecule has 3 heterocycles. The molecule has 1 aromatic heterocycles. The number of piperidine rings is 1. The summed E-state index contributed by atoms with van der Waals surface area (Å²) in [6, 6.07) is 5.45. The third kappa shape index (κ3) is 3.21. The lowest BCUT2D eigenvalue weighted by atomic mass is 9.91. The van der Waals surface area contributed by atoms with Crippen molar-refractivity contribution >= 4 is 34.0 Å². The average Bonchev–Trinajstić information content (AvgIpc) is 3.36. The van der Waals surface area contributed by atoms with Crippen LogP contribution < -0.4 is 5.32 Å². The molecule has 1 amide bonds. The Kier molecular flexibility index (Phi) is 4.96. The summed E-state index contributed by atoms with van der Waals surface area (Å²) in [4.78, 5) is 14.1. The molecule has 5 rings (SSSR count). The molecule has 2 atom stereocenters. The van der Waals surface area contributed by atoms with Gasteiger partial charge >= 0.3 is 0 Å². The van der Waals surface area contributed by atoms with Gasteiger partial charge in [0.25, 0.3) is 0 Å². The fraction of sp³-hybridized carbons (Fsp3) is 0.429. The number of rotatable bonds is 2. The van der Waals surface area contributed by atoms with E-state index >= 15 is 0 Å². The Bertz CT molecular complexity index is 986. The summed E-state index contributed by atoms with van der Waals surface area (Å²) in [6.07, 6.45) is 4.42. The van der Waals surface area contributed by atoms with Gasteiger partial charge in [-0.25, -0.2) is 13.8 Å². The number of hydrogen-bond acceptors (Lipinski definition) is 5. The van der Waals surface area contributed by atoms with E-state index in [1.54, 1.807) is 16.3 Å². The fourth-order valence-corrected chi connectivity index (χ4v) is 6.99. The van der Waals surface area contributed by atoms with Crippen LogP contribution in [-0.4, -0.2) is 29.0 Å². The Morgan fingerprint density at radius 3 is 3.00 bits per heavy atom. The van der Waals surface area contributed by atoms with E-state index in [2.05, 4.69) is 16.5 Å². The molecule has 1 aliphatic carbocycles. The second kappa shape index (κ2) is 7.49. The first-order valence-corrected chi connectivity index (χ1v) is 11.6. The largest absolute Gasteiger partial charge is 0.316 e. The number of thioether (sulfide) groups is 1. The molecular weight excluding hydrogens is 412 g/mol. The van der Waals surface area contributed by atoms with Gasteiger partial charge < -0.3 is 5.32 Å². The summed E-state index contributed by atoms with van der Waals surface area (Å²) in [7, 11) is 0. The van der Waals surface area contributed by atoms with Crippen LogP contribution in [0.15, 0.2) is 34.7 Å². The molecule has 3 aliphatic rings. The standard InChI is InChI=1S/C21H21F2N3OS2/c22-14-5-6-17(23)15(11-14)19-25-26(20(27)13-3-2-9-24-12-13)21(29-19)8-1-4-18-16(21)7-10-28-18/h5-7,10-11,13,24H,1-4,8-9,12H2. The zero-order valence-electron chi connectivity index (χ0n) is 15.8. The van der Waals surface area contributed by atoms with E-state index in [-0.39, 0.29) is 17.4 Å². The van der Waals surface area contributed by atoms with E-state index in [4.69, 9.17) is 0 Å². The third-order valence-electron chi connectivity index (χ3n) is 5.90. The van der Waals surface area contributed by atoms with Crippen LogP contribution in [0.5, 0.6) is 0 Å². The first-order chi connectivity index (χ1) is 14.1. The number of thiophene rings is 1. The molecular formula is C21H21F2N3OS2. The zero-order chi connectivity index (χ0) is 20.0. The van der Waals surface area contributed by atoms with Gasteiger partial charge in [-0.2, -0.15) is 5.10 Å². The normalized spacial score (nSPS) is 26.5. The highest BCUT2D eigenvalue weighted by atomic mass is 32.2. The maximum absolute atomic E-state index is 14.5. The number of benzene rings is 1. The van der Waals surface area contributed by atoms with E-state index in [1.807, 2.05) is 5.38 Å². The van der Waals surface area contributed by atoms with Gasteiger partial charge in [0, 0.05) is 22.5 Å². The number of hydrogen-bond donors (Lipinski definition) is 1. The van der Waals surface area contributed by atoms with E-state index in [0.717, 1.165) is 56.3 Å². The summed E-state index contributed by atoms with van der Waals surface area (Å²) in [5.74, 6) is -1.22. The summed E-state index contributed by atoms with van der Waals surface area (Å²) in [5, 5.41) is 11.9. The predicted molar refractivity (Wildman–Crippen MR) is 112 cm³/mol. The average molecular weight is 434 g/mol. The van der Waals surface area contributed by atoms with Crippen LogP contribution in [0, 0.1) is 17.6 Å². The molecule has 152 valence electrons. The highest BCUT2D eigenvalue weighted by Crippen LogP contribution is 2.55. The topological polar surface area (TPSA) is 44.7 Å². The van der Waals surface area contributed by atoms with Gasteiger partial charge in [0.05, 0.1) is 5.92 Å². The number of aryl methyl sites for hydroxylation is 1. The lowest BCUT2D eigenvalue weighted by Crippen LogP contribution is -2.48. The molecule has 8 heteroatoms. The SMILES string of the molecule is O=C(C1CCCNC1)N1N=C(c2cc(F)ccc2F)SC12CCCc1sccc12. The van der Waals surface area contributed by atoms with Gasteiger partial charge in [0.2, 0.25) is 5.91 Å². The Balaban J connectivity index is 1.60. The molecule has 1 spiro atoms. The number of amides is 1. The minimum Gasteiger partial charge on any atom is -0.316 e. The minimum atomic E-state index is -0.670. The summed E-state index contributed by atoms with van der Waals surface area (Å²) >= 11 is 3.08. The molecule has 2 aliphatic heterocycles. The molecule has 1 saturated heterocycles. The highest BCUT2D eigenvalue weighted by molar-refractivity contribution is 8.15. The number of halogens is 2. The first-order valence-electron chi connectivity index (χ1n) is 9.93. The van der Waals surface area contributed by atoms with Crippen molar-refractivity contribution in [3.63, 3.8) is 0 Å². The van der Waals surface area contributed by atoms with Gasteiger partial charge in [-0.3, -0.25) is 4.79 Å². The maximum atomic E-state index is 14.5. The number of carbonyl (C=O) groups excluding carboxylic acids is 1. The monoisotopic (exact) mass is 433 g/mol. The van der Waals surface area contributed by atoms with Crippen molar-refractivity contribution in [2.75, 3.05) is 13.1 Å². The molecule has 4 nitrogen and oxygen atoms in total. The van der Waals surface area contributed by atoms with Gasteiger partial charge in [0.1, 0.15) is 21.5 Å². The number of nitrogens with zero attached hydrogens (tertiary/aromatic N) is 2. The van der Waals surface area contributed by atoms with Gasteiger partial charge in [-0.05, 0) is 68.3 Å². The van der Waals surface area contributed by atoms with Crippen LogP contribution in [0.25, 0.3) is 0 Å². The molecule has 29 heavy (non-hydrogen) atoms. The summed E-state index contributed by atoms with van der Waals surface area (Å²) in [5.41, 5.74) is 1.21. The van der Waals surface area contributed by atoms with E-state index in [1.165, 1.54) is 22.7 Å². The van der Waals surface area contributed by atoms with Crippen molar-refractivity contribution in [2.45, 2.75) is 37.0 Å². The lowest BCUT2D eigenvalue weighted by molar-refractivity contribution is -0.140. The van der Waals surface area contributed by atoms with Crippen molar-refractivity contribution in [3.05, 3.63) is 57.3 Å². The predicted octanol–water partition coefficient (Wildman–Crippen LogP) is 4.45. The number of fused-ring (bicyclic) bond motifs is 2. The van der Waals surface area contributed by atoms with Crippen molar-refractivity contribution < 1.29 is 13.6 Å². The molecule has 1 fully saturated rings. The zero-order valence-corrected chi connectivity index (χ0v) is 17.4. The summed E-state index contributed by atoms with van der Waals surface area (Å²) in [6.45, 7) is 1.55. The quantitative estimate of drug-likeness (QED) is 0.761. The number of nitrogens with one attached hydrogen (secondary N) is 1.